The van der Waals surface area contributed by atoms with Crippen molar-refractivity contribution < 1.29 is 12.8 Å². The van der Waals surface area contributed by atoms with Crippen molar-refractivity contribution in [2.45, 2.75) is 11.4 Å². The van der Waals surface area contributed by atoms with Crippen molar-refractivity contribution in [1.29, 1.82) is 0 Å². The lowest BCUT2D eigenvalue weighted by Crippen LogP contribution is -2.24. The van der Waals surface area contributed by atoms with Crippen LogP contribution in [0.15, 0.2) is 33.6 Å². The Labute approximate surface area is 132 Å². The number of nitrogens with one attached hydrogen (secondary N) is 1. The minimum absolute atomic E-state index is 0.0336. The highest BCUT2D eigenvalue weighted by molar-refractivity contribution is 9.10. The zero-order valence-corrected chi connectivity index (χ0v) is 13.8. The van der Waals surface area contributed by atoms with E-state index in [0.717, 1.165) is 17.0 Å². The van der Waals surface area contributed by atoms with Gasteiger partial charge in [0.15, 0.2) is 0 Å². The second-order valence-corrected chi connectivity index (χ2v) is 8.22. The topological polar surface area (TPSA) is 72.2 Å². The van der Waals surface area contributed by atoms with Crippen LogP contribution in [-0.4, -0.2) is 8.42 Å². The van der Waals surface area contributed by atoms with Gasteiger partial charge in [-0.3, -0.25) is 0 Å². The highest BCUT2D eigenvalue weighted by Gasteiger charge is 2.19. The van der Waals surface area contributed by atoms with Crippen LogP contribution >= 0.6 is 38.9 Å². The van der Waals surface area contributed by atoms with Gasteiger partial charge in [0, 0.05) is 11.4 Å². The summed E-state index contributed by atoms with van der Waals surface area (Å²) in [4.78, 5) is 0.590. The van der Waals surface area contributed by atoms with E-state index in [2.05, 4.69) is 20.7 Å². The zero-order chi connectivity index (χ0) is 14.9. The number of benzene rings is 1. The van der Waals surface area contributed by atoms with Crippen LogP contribution in [0.25, 0.3) is 0 Å². The maximum Gasteiger partial charge on any atom is 0.242 e. The first-order valence-electron chi connectivity index (χ1n) is 5.28. The van der Waals surface area contributed by atoms with Crippen LogP contribution in [0.3, 0.4) is 0 Å². The van der Waals surface area contributed by atoms with Crippen LogP contribution in [0.2, 0.25) is 4.34 Å². The molecule has 4 nitrogen and oxygen atoms in total. The molecule has 20 heavy (non-hydrogen) atoms. The number of thiophene rings is 1. The summed E-state index contributed by atoms with van der Waals surface area (Å²) in [6.45, 7) is 0.0914. The molecular formula is C11H9BrClFN2O2S2. The van der Waals surface area contributed by atoms with Gasteiger partial charge in [0.2, 0.25) is 10.0 Å². The van der Waals surface area contributed by atoms with Crippen LogP contribution in [0.4, 0.5) is 10.1 Å². The Morgan fingerprint density at radius 3 is 2.70 bits per heavy atom. The summed E-state index contributed by atoms with van der Waals surface area (Å²) in [5.74, 6) is -0.619. The first-order chi connectivity index (χ1) is 9.29. The summed E-state index contributed by atoms with van der Waals surface area (Å²) in [5.41, 5.74) is 5.40. The number of nitrogen functional groups attached to an aromatic ring is 1. The Morgan fingerprint density at radius 2 is 2.10 bits per heavy atom. The molecule has 0 unspecified atom stereocenters. The molecule has 9 heteroatoms. The zero-order valence-electron chi connectivity index (χ0n) is 9.86. The van der Waals surface area contributed by atoms with Crippen molar-refractivity contribution in [2.24, 2.45) is 0 Å². The average Bonchev–Trinajstić information content (AvgIpc) is 2.77. The van der Waals surface area contributed by atoms with Crippen molar-refractivity contribution in [2.75, 3.05) is 5.73 Å². The Hall–Kier alpha value is -0.670. The normalized spacial score (nSPS) is 11.8. The number of anilines is 1. The average molecular weight is 400 g/mol. The smallest absolute Gasteiger partial charge is 0.242 e. The number of halogens is 3. The number of rotatable bonds is 4. The molecule has 0 radical (unpaired) electrons. The Balaban J connectivity index is 2.24. The molecule has 1 aromatic heterocycles. The molecular weight excluding hydrogens is 391 g/mol. The fraction of sp³-hybridized carbons (Fsp3) is 0.0909. The molecule has 0 bridgehead atoms. The molecule has 3 N–H and O–H groups in total. The predicted octanol–water partition coefficient (Wildman–Crippen LogP) is 3.36. The lowest BCUT2D eigenvalue weighted by atomic mass is 10.3. The summed E-state index contributed by atoms with van der Waals surface area (Å²) in [6.07, 6.45) is 0. The fourth-order valence-corrected chi connectivity index (χ4v) is 4.22. The van der Waals surface area contributed by atoms with Crippen molar-refractivity contribution in [1.82, 2.24) is 4.72 Å². The first kappa shape index (κ1) is 15.7. The third-order valence-corrected chi connectivity index (χ3v) is 5.70. The highest BCUT2D eigenvalue weighted by atomic mass is 79.9. The summed E-state index contributed by atoms with van der Waals surface area (Å²) in [5, 5.41) is 0. The van der Waals surface area contributed by atoms with Crippen LogP contribution in [0.1, 0.15) is 4.88 Å². The largest absolute Gasteiger partial charge is 0.398 e. The Morgan fingerprint density at radius 1 is 1.40 bits per heavy atom. The second kappa shape index (κ2) is 5.98. The van der Waals surface area contributed by atoms with E-state index in [1.807, 2.05) is 0 Å². The number of sulfonamides is 1. The molecule has 0 spiro atoms. The van der Waals surface area contributed by atoms with Gasteiger partial charge in [-0.1, -0.05) is 11.6 Å². The standard InChI is InChI=1S/C11H9BrClFN2O2S2/c12-7-3-10(9(15)4-8(7)14)20(17,18)16-5-6-1-2-11(13)19-6/h1-4,16H,5,15H2. The van der Waals surface area contributed by atoms with Gasteiger partial charge in [0.25, 0.3) is 0 Å². The molecule has 1 heterocycles. The van der Waals surface area contributed by atoms with Gasteiger partial charge < -0.3 is 5.73 Å². The molecule has 0 aliphatic rings. The predicted molar refractivity (Wildman–Crippen MR) is 81.9 cm³/mol. The number of hydrogen-bond acceptors (Lipinski definition) is 4. The van der Waals surface area contributed by atoms with E-state index >= 15 is 0 Å². The minimum Gasteiger partial charge on any atom is -0.398 e. The third kappa shape index (κ3) is 3.50. The van der Waals surface area contributed by atoms with Crippen LogP contribution in [0, 0.1) is 5.82 Å². The van der Waals surface area contributed by atoms with Gasteiger partial charge in [-0.2, -0.15) is 0 Å². The molecule has 0 amide bonds. The molecule has 2 aromatic rings. The van der Waals surface area contributed by atoms with E-state index in [4.69, 9.17) is 17.3 Å². The highest BCUT2D eigenvalue weighted by Crippen LogP contribution is 2.27. The maximum absolute atomic E-state index is 13.2. The quantitative estimate of drug-likeness (QED) is 0.774. The summed E-state index contributed by atoms with van der Waals surface area (Å²) < 4.78 is 40.5. The lowest BCUT2D eigenvalue weighted by molar-refractivity contribution is 0.581. The SMILES string of the molecule is Nc1cc(F)c(Br)cc1S(=O)(=O)NCc1ccc(Cl)s1. The monoisotopic (exact) mass is 398 g/mol. The van der Waals surface area contributed by atoms with Crippen molar-refractivity contribution in [3.05, 3.63) is 43.8 Å². The van der Waals surface area contributed by atoms with Gasteiger partial charge in [-0.05, 0) is 40.2 Å². The van der Waals surface area contributed by atoms with Gasteiger partial charge in [0.1, 0.15) is 10.7 Å². The number of hydrogen-bond donors (Lipinski definition) is 2. The molecule has 1 aromatic carbocycles. The van der Waals surface area contributed by atoms with E-state index in [1.165, 1.54) is 11.3 Å². The van der Waals surface area contributed by atoms with Gasteiger partial charge in [-0.25, -0.2) is 17.5 Å². The van der Waals surface area contributed by atoms with Crippen molar-refractivity contribution in [3.63, 3.8) is 0 Å². The molecule has 0 fully saturated rings. The molecule has 0 aliphatic carbocycles. The van der Waals surface area contributed by atoms with E-state index in [-0.39, 0.29) is 21.6 Å². The molecule has 0 atom stereocenters. The van der Waals surface area contributed by atoms with Crippen molar-refractivity contribution >= 4 is 54.6 Å². The maximum atomic E-state index is 13.2. The molecule has 0 saturated heterocycles. The van der Waals surface area contributed by atoms with Gasteiger partial charge in [-0.15, -0.1) is 11.3 Å². The summed E-state index contributed by atoms with van der Waals surface area (Å²) in [7, 11) is -3.83. The number of nitrogens with two attached hydrogens (primary N) is 1. The molecule has 108 valence electrons. The van der Waals surface area contributed by atoms with Gasteiger partial charge >= 0.3 is 0 Å². The Kier molecular flexibility index (Phi) is 4.70. The summed E-state index contributed by atoms with van der Waals surface area (Å²) in [6, 6.07) is 5.49. The van der Waals surface area contributed by atoms with Crippen molar-refractivity contribution in [3.8, 4) is 0 Å². The van der Waals surface area contributed by atoms with Crippen LogP contribution in [0.5, 0.6) is 0 Å². The van der Waals surface area contributed by atoms with E-state index < -0.39 is 15.8 Å². The second-order valence-electron chi connectivity index (χ2n) is 3.83. The molecule has 2 rings (SSSR count). The fourth-order valence-electron chi connectivity index (χ4n) is 1.47. The first-order valence-corrected chi connectivity index (χ1v) is 8.75. The van der Waals surface area contributed by atoms with E-state index in [0.29, 0.717) is 4.34 Å². The summed E-state index contributed by atoms with van der Waals surface area (Å²) >= 11 is 9.97. The van der Waals surface area contributed by atoms with Crippen LogP contribution in [-0.2, 0) is 16.6 Å². The third-order valence-electron chi connectivity index (χ3n) is 2.41. The van der Waals surface area contributed by atoms with Crippen LogP contribution < -0.4 is 10.5 Å². The molecule has 0 saturated carbocycles. The lowest BCUT2D eigenvalue weighted by Gasteiger charge is -2.09. The van der Waals surface area contributed by atoms with Gasteiger partial charge in [0.05, 0.1) is 14.5 Å². The minimum atomic E-state index is -3.83. The Bertz CT molecular complexity index is 749. The molecule has 0 aliphatic heterocycles. The van der Waals surface area contributed by atoms with E-state index in [1.54, 1.807) is 12.1 Å². The van der Waals surface area contributed by atoms with E-state index in [9.17, 15) is 12.8 Å².